The van der Waals surface area contributed by atoms with Gasteiger partial charge in [0.2, 0.25) is 0 Å². The minimum absolute atomic E-state index is 0.117. The Morgan fingerprint density at radius 1 is 1.21 bits per heavy atom. The third-order valence-corrected chi connectivity index (χ3v) is 4.49. The summed E-state index contributed by atoms with van der Waals surface area (Å²) in [6, 6.07) is 9.19. The Kier molecular flexibility index (Phi) is 4.51. The van der Waals surface area contributed by atoms with Crippen LogP contribution in [0.25, 0.3) is 28.3 Å². The third kappa shape index (κ3) is 3.54. The van der Waals surface area contributed by atoms with E-state index in [1.54, 1.807) is 12.1 Å². The molecule has 0 aliphatic heterocycles. The van der Waals surface area contributed by atoms with E-state index >= 15 is 0 Å². The normalized spacial score (nSPS) is 11.7. The van der Waals surface area contributed by atoms with E-state index in [9.17, 15) is 18.4 Å². The summed E-state index contributed by atoms with van der Waals surface area (Å²) in [6.45, 7) is 0.157. The SMILES string of the molecule is CC(F)(F)Cn1cnc(-c2ccc(F)c(Cl)c2)c1-c1ccc2ncc(C#N)n2n1. The van der Waals surface area contributed by atoms with Crippen molar-refractivity contribution in [3.05, 3.63) is 59.4 Å². The molecule has 0 aliphatic rings. The number of halogens is 4. The summed E-state index contributed by atoms with van der Waals surface area (Å²) in [4.78, 5) is 8.32. The van der Waals surface area contributed by atoms with Gasteiger partial charge in [0.25, 0.3) is 5.92 Å². The highest BCUT2D eigenvalue weighted by Gasteiger charge is 2.26. The number of nitrogens with zero attached hydrogens (tertiary/aromatic N) is 6. The van der Waals surface area contributed by atoms with E-state index < -0.39 is 18.3 Å². The molecule has 0 N–H and O–H groups in total. The van der Waals surface area contributed by atoms with Crippen molar-refractivity contribution in [2.24, 2.45) is 0 Å². The fourth-order valence-corrected chi connectivity index (χ4v) is 3.18. The van der Waals surface area contributed by atoms with Gasteiger partial charge in [0.05, 0.1) is 35.5 Å². The number of benzene rings is 1. The van der Waals surface area contributed by atoms with Crippen LogP contribution in [0.3, 0.4) is 0 Å². The molecule has 0 aliphatic carbocycles. The van der Waals surface area contributed by atoms with Crippen molar-refractivity contribution in [3.8, 4) is 28.7 Å². The minimum Gasteiger partial charge on any atom is -0.323 e. The Morgan fingerprint density at radius 2 is 2.00 bits per heavy atom. The molecule has 3 heterocycles. The predicted octanol–water partition coefficient (Wildman–Crippen LogP) is 4.58. The van der Waals surface area contributed by atoms with Crippen LogP contribution in [-0.4, -0.2) is 30.1 Å². The summed E-state index contributed by atoms with van der Waals surface area (Å²) < 4.78 is 43.7. The van der Waals surface area contributed by atoms with E-state index in [4.69, 9.17) is 11.6 Å². The number of rotatable bonds is 4. The highest BCUT2D eigenvalue weighted by atomic mass is 35.5. The molecule has 4 aromatic rings. The van der Waals surface area contributed by atoms with Crippen molar-refractivity contribution in [3.63, 3.8) is 0 Å². The van der Waals surface area contributed by atoms with Crippen LogP contribution in [0.4, 0.5) is 13.2 Å². The molecule has 0 spiro atoms. The molecule has 0 unspecified atom stereocenters. The summed E-state index contributed by atoms with van der Waals surface area (Å²) in [5.74, 6) is -3.61. The lowest BCUT2D eigenvalue weighted by Crippen LogP contribution is -2.19. The molecule has 0 radical (unpaired) electrons. The second-order valence-corrected chi connectivity index (χ2v) is 6.92. The molecule has 0 saturated carbocycles. The van der Waals surface area contributed by atoms with Gasteiger partial charge in [-0.1, -0.05) is 11.6 Å². The van der Waals surface area contributed by atoms with Gasteiger partial charge in [0, 0.05) is 12.5 Å². The van der Waals surface area contributed by atoms with Crippen LogP contribution >= 0.6 is 11.6 Å². The molecule has 0 bridgehead atoms. The number of imidazole rings is 2. The molecule has 29 heavy (non-hydrogen) atoms. The molecule has 0 fully saturated rings. The molecule has 1 aromatic carbocycles. The summed E-state index contributed by atoms with van der Waals surface area (Å²) in [7, 11) is 0. The molecule has 0 saturated heterocycles. The monoisotopic (exact) mass is 416 g/mol. The first-order chi connectivity index (χ1) is 13.8. The fourth-order valence-electron chi connectivity index (χ4n) is 3.00. The minimum atomic E-state index is -3.01. The maximum Gasteiger partial charge on any atom is 0.262 e. The van der Waals surface area contributed by atoms with Gasteiger partial charge in [-0.05, 0) is 30.3 Å². The Balaban J connectivity index is 1.95. The van der Waals surface area contributed by atoms with Gasteiger partial charge in [-0.2, -0.15) is 10.4 Å². The first-order valence-electron chi connectivity index (χ1n) is 8.40. The van der Waals surface area contributed by atoms with E-state index in [1.165, 1.54) is 39.8 Å². The topological polar surface area (TPSA) is 71.8 Å². The number of alkyl halides is 2. The summed E-state index contributed by atoms with van der Waals surface area (Å²) in [6.07, 6.45) is 2.63. The van der Waals surface area contributed by atoms with Crippen LogP contribution in [0, 0.1) is 17.1 Å². The maximum absolute atomic E-state index is 13.8. The van der Waals surface area contributed by atoms with Gasteiger partial charge in [0.15, 0.2) is 11.3 Å². The van der Waals surface area contributed by atoms with Crippen LogP contribution in [-0.2, 0) is 6.54 Å². The smallest absolute Gasteiger partial charge is 0.262 e. The van der Waals surface area contributed by atoms with Crippen molar-refractivity contribution < 1.29 is 13.2 Å². The third-order valence-electron chi connectivity index (χ3n) is 4.20. The first-order valence-corrected chi connectivity index (χ1v) is 8.78. The second kappa shape index (κ2) is 6.90. The summed E-state index contributed by atoms with van der Waals surface area (Å²) >= 11 is 5.88. The molecule has 4 rings (SSSR count). The molecule has 10 heteroatoms. The van der Waals surface area contributed by atoms with Crippen molar-refractivity contribution in [2.45, 2.75) is 19.4 Å². The van der Waals surface area contributed by atoms with Crippen LogP contribution in [0.5, 0.6) is 0 Å². The summed E-state index contributed by atoms with van der Waals surface area (Å²) in [5.41, 5.74) is 1.96. The molecular formula is C19H12ClF3N6. The van der Waals surface area contributed by atoms with E-state index in [0.717, 1.165) is 6.92 Å². The van der Waals surface area contributed by atoms with Crippen LogP contribution < -0.4 is 0 Å². The number of aromatic nitrogens is 5. The van der Waals surface area contributed by atoms with Gasteiger partial charge in [-0.15, -0.1) is 0 Å². The zero-order chi connectivity index (χ0) is 20.8. The van der Waals surface area contributed by atoms with Gasteiger partial charge in [-0.25, -0.2) is 27.7 Å². The Bertz CT molecular complexity index is 1270. The number of hydrogen-bond donors (Lipinski definition) is 0. The zero-order valence-corrected chi connectivity index (χ0v) is 15.7. The number of nitriles is 1. The molecule has 0 atom stereocenters. The van der Waals surface area contributed by atoms with E-state index in [2.05, 4.69) is 15.1 Å². The lowest BCUT2D eigenvalue weighted by molar-refractivity contribution is 0.00429. The highest BCUT2D eigenvalue weighted by Crippen LogP contribution is 2.33. The van der Waals surface area contributed by atoms with Gasteiger partial charge < -0.3 is 4.57 Å². The van der Waals surface area contributed by atoms with Crippen LogP contribution in [0.15, 0.2) is 42.9 Å². The van der Waals surface area contributed by atoms with Crippen LogP contribution in [0.2, 0.25) is 5.02 Å². The van der Waals surface area contributed by atoms with E-state index in [-0.39, 0.29) is 16.4 Å². The van der Waals surface area contributed by atoms with Gasteiger partial charge in [0.1, 0.15) is 17.6 Å². The molecular weight excluding hydrogens is 405 g/mol. The molecule has 3 aromatic heterocycles. The second-order valence-electron chi connectivity index (χ2n) is 6.51. The van der Waals surface area contributed by atoms with Crippen molar-refractivity contribution in [2.75, 3.05) is 0 Å². The van der Waals surface area contributed by atoms with Gasteiger partial charge in [-0.3, -0.25) is 0 Å². The number of hydrogen-bond acceptors (Lipinski definition) is 4. The quantitative estimate of drug-likeness (QED) is 0.488. The number of fused-ring (bicyclic) bond motifs is 1. The van der Waals surface area contributed by atoms with Gasteiger partial charge >= 0.3 is 0 Å². The molecule has 146 valence electrons. The fraction of sp³-hybridized carbons (Fsp3) is 0.158. The first kappa shape index (κ1) is 19.0. The Labute approximate surface area is 167 Å². The Morgan fingerprint density at radius 3 is 2.69 bits per heavy atom. The van der Waals surface area contributed by atoms with Crippen molar-refractivity contribution >= 4 is 17.2 Å². The predicted molar refractivity (Wildman–Crippen MR) is 99.9 cm³/mol. The Hall–Kier alpha value is -3.38. The molecule has 0 amide bonds. The molecule has 6 nitrogen and oxygen atoms in total. The average molecular weight is 417 g/mol. The summed E-state index contributed by atoms with van der Waals surface area (Å²) in [5, 5.41) is 13.5. The zero-order valence-electron chi connectivity index (χ0n) is 14.9. The van der Waals surface area contributed by atoms with Crippen molar-refractivity contribution in [1.82, 2.24) is 24.1 Å². The standard InChI is InChI=1S/C19H12ClF3N6/c1-19(22,23)9-28-10-26-17(11-2-3-14(21)13(20)6-11)18(28)15-4-5-16-25-8-12(7-24)29(16)27-15/h2-6,8,10H,9H2,1H3. The highest BCUT2D eigenvalue weighted by molar-refractivity contribution is 6.31. The van der Waals surface area contributed by atoms with E-state index in [0.29, 0.717) is 22.6 Å². The lowest BCUT2D eigenvalue weighted by Gasteiger charge is -2.14. The maximum atomic E-state index is 13.8. The largest absolute Gasteiger partial charge is 0.323 e. The van der Waals surface area contributed by atoms with Crippen molar-refractivity contribution in [1.29, 1.82) is 5.26 Å². The van der Waals surface area contributed by atoms with E-state index in [1.807, 2.05) is 6.07 Å². The lowest BCUT2D eigenvalue weighted by atomic mass is 10.1. The van der Waals surface area contributed by atoms with Crippen LogP contribution in [0.1, 0.15) is 12.6 Å². The average Bonchev–Trinajstić information content (AvgIpc) is 3.25.